The first-order chi connectivity index (χ1) is 7.70. The van der Waals surface area contributed by atoms with Gasteiger partial charge in [0.2, 0.25) is 0 Å². The quantitative estimate of drug-likeness (QED) is 0.575. The fraction of sp³-hybridized carbons (Fsp3) is 0.333. The lowest BCUT2D eigenvalue weighted by atomic mass is 10.2. The van der Waals surface area contributed by atoms with Crippen LogP contribution in [0.2, 0.25) is 0 Å². The van der Waals surface area contributed by atoms with Crippen LogP contribution in [0.5, 0.6) is 0 Å². The Morgan fingerprint density at radius 3 is 2.75 bits per heavy atom. The van der Waals surface area contributed by atoms with Crippen LogP contribution in [0.3, 0.4) is 0 Å². The average Bonchev–Trinajstić information content (AvgIpc) is 2.81. The standard InChI is InChI=1S/C9H13N7/c1-6(2)9-13-7(15-10)3-8(14-9)16-5-11-4-12-16/h3-6H,10H2,1-2H3,(H,13,14,15). The summed E-state index contributed by atoms with van der Waals surface area (Å²) in [4.78, 5) is 12.5. The predicted molar refractivity (Wildman–Crippen MR) is 58.8 cm³/mol. The van der Waals surface area contributed by atoms with Crippen molar-refractivity contribution in [3.8, 4) is 5.82 Å². The Hall–Kier alpha value is -2.02. The van der Waals surface area contributed by atoms with E-state index in [-0.39, 0.29) is 5.92 Å². The van der Waals surface area contributed by atoms with Crippen LogP contribution >= 0.6 is 0 Å². The number of nitrogens with two attached hydrogens (primary N) is 1. The minimum absolute atomic E-state index is 0.218. The van der Waals surface area contributed by atoms with Gasteiger partial charge in [-0.15, -0.1) is 0 Å². The number of hydrogen-bond donors (Lipinski definition) is 2. The van der Waals surface area contributed by atoms with Crippen LogP contribution in [0.25, 0.3) is 5.82 Å². The second-order valence-electron chi connectivity index (χ2n) is 3.61. The molecule has 7 nitrogen and oxygen atoms in total. The normalized spacial score (nSPS) is 10.8. The summed E-state index contributed by atoms with van der Waals surface area (Å²) in [6.45, 7) is 4.03. The maximum atomic E-state index is 5.36. The molecule has 0 spiro atoms. The molecule has 0 amide bonds. The van der Waals surface area contributed by atoms with Crippen LogP contribution in [0.1, 0.15) is 25.6 Å². The molecule has 0 saturated heterocycles. The van der Waals surface area contributed by atoms with Gasteiger partial charge < -0.3 is 5.43 Å². The van der Waals surface area contributed by atoms with Gasteiger partial charge in [0, 0.05) is 12.0 Å². The third-order valence-electron chi connectivity index (χ3n) is 2.05. The van der Waals surface area contributed by atoms with Crippen molar-refractivity contribution in [2.75, 3.05) is 5.43 Å². The fourth-order valence-corrected chi connectivity index (χ4v) is 1.23. The molecule has 2 aromatic rings. The van der Waals surface area contributed by atoms with Crippen molar-refractivity contribution in [3.05, 3.63) is 24.5 Å². The van der Waals surface area contributed by atoms with Gasteiger partial charge in [0.05, 0.1) is 0 Å². The van der Waals surface area contributed by atoms with E-state index in [2.05, 4.69) is 25.5 Å². The van der Waals surface area contributed by atoms with Crippen molar-refractivity contribution in [1.29, 1.82) is 0 Å². The lowest BCUT2D eigenvalue weighted by molar-refractivity contribution is 0.746. The van der Waals surface area contributed by atoms with Gasteiger partial charge in [-0.2, -0.15) is 5.10 Å². The van der Waals surface area contributed by atoms with Gasteiger partial charge in [-0.3, -0.25) is 0 Å². The molecule has 84 valence electrons. The maximum Gasteiger partial charge on any atom is 0.161 e. The molecule has 0 saturated carbocycles. The minimum Gasteiger partial charge on any atom is -0.308 e. The molecule has 0 aliphatic carbocycles. The highest BCUT2D eigenvalue weighted by atomic mass is 15.4. The average molecular weight is 219 g/mol. The van der Waals surface area contributed by atoms with Crippen molar-refractivity contribution in [1.82, 2.24) is 24.7 Å². The Labute approximate surface area is 92.7 Å². The summed E-state index contributed by atoms with van der Waals surface area (Å²) in [5.41, 5.74) is 2.51. The number of hydrazine groups is 1. The van der Waals surface area contributed by atoms with Gasteiger partial charge >= 0.3 is 0 Å². The summed E-state index contributed by atoms with van der Waals surface area (Å²) in [6.07, 6.45) is 3.03. The SMILES string of the molecule is CC(C)c1nc(NN)cc(-n2cncn2)n1. The van der Waals surface area contributed by atoms with Crippen LogP contribution < -0.4 is 11.3 Å². The molecule has 0 radical (unpaired) electrons. The molecule has 2 heterocycles. The number of rotatable bonds is 3. The highest BCUT2D eigenvalue weighted by Crippen LogP contribution is 2.14. The molecule has 0 aliphatic heterocycles. The first-order valence-corrected chi connectivity index (χ1v) is 4.91. The molecule has 16 heavy (non-hydrogen) atoms. The summed E-state index contributed by atoms with van der Waals surface area (Å²) in [5.74, 6) is 7.49. The first kappa shape index (κ1) is 10.5. The van der Waals surface area contributed by atoms with Crippen molar-refractivity contribution < 1.29 is 0 Å². The molecular formula is C9H13N7. The van der Waals surface area contributed by atoms with Crippen molar-refractivity contribution >= 4 is 5.82 Å². The first-order valence-electron chi connectivity index (χ1n) is 4.91. The van der Waals surface area contributed by atoms with Crippen LogP contribution in [-0.4, -0.2) is 24.7 Å². The highest BCUT2D eigenvalue weighted by molar-refractivity contribution is 5.40. The second kappa shape index (κ2) is 4.23. The zero-order valence-corrected chi connectivity index (χ0v) is 9.12. The van der Waals surface area contributed by atoms with Crippen molar-refractivity contribution in [2.45, 2.75) is 19.8 Å². The van der Waals surface area contributed by atoms with E-state index < -0.39 is 0 Å². The molecule has 2 aromatic heterocycles. The number of aromatic nitrogens is 5. The number of nitrogen functional groups attached to an aromatic ring is 1. The third-order valence-corrected chi connectivity index (χ3v) is 2.05. The van der Waals surface area contributed by atoms with Gasteiger partial charge in [-0.05, 0) is 0 Å². The monoisotopic (exact) mass is 219 g/mol. The van der Waals surface area contributed by atoms with Gasteiger partial charge in [0.25, 0.3) is 0 Å². The van der Waals surface area contributed by atoms with E-state index in [0.29, 0.717) is 17.5 Å². The number of hydrogen-bond acceptors (Lipinski definition) is 6. The fourth-order valence-electron chi connectivity index (χ4n) is 1.23. The van der Waals surface area contributed by atoms with Crippen LogP contribution in [0.15, 0.2) is 18.7 Å². The number of nitrogens with one attached hydrogen (secondary N) is 1. The molecule has 0 fully saturated rings. The summed E-state index contributed by atoms with van der Waals surface area (Å²) in [5, 5.41) is 4.01. The summed E-state index contributed by atoms with van der Waals surface area (Å²) < 4.78 is 1.56. The van der Waals surface area contributed by atoms with Crippen molar-refractivity contribution in [2.24, 2.45) is 5.84 Å². The lowest BCUT2D eigenvalue weighted by Gasteiger charge is -2.09. The summed E-state index contributed by atoms with van der Waals surface area (Å²) in [7, 11) is 0. The zero-order valence-electron chi connectivity index (χ0n) is 9.12. The second-order valence-corrected chi connectivity index (χ2v) is 3.61. The Morgan fingerprint density at radius 2 is 2.19 bits per heavy atom. The van der Waals surface area contributed by atoms with Crippen LogP contribution in [-0.2, 0) is 0 Å². The van der Waals surface area contributed by atoms with Gasteiger partial charge in [0.15, 0.2) is 5.82 Å². The molecule has 0 bridgehead atoms. The van der Waals surface area contributed by atoms with Crippen LogP contribution in [0.4, 0.5) is 5.82 Å². The topological polar surface area (TPSA) is 94.5 Å². The van der Waals surface area contributed by atoms with Crippen LogP contribution in [0, 0.1) is 0 Å². The van der Waals surface area contributed by atoms with Crippen molar-refractivity contribution in [3.63, 3.8) is 0 Å². The Morgan fingerprint density at radius 1 is 1.38 bits per heavy atom. The third kappa shape index (κ3) is 1.98. The lowest BCUT2D eigenvalue weighted by Crippen LogP contribution is -2.13. The van der Waals surface area contributed by atoms with Gasteiger partial charge in [-0.25, -0.2) is 25.5 Å². The molecule has 0 aromatic carbocycles. The van der Waals surface area contributed by atoms with E-state index in [4.69, 9.17) is 5.84 Å². The van der Waals surface area contributed by atoms with E-state index in [1.807, 2.05) is 13.8 Å². The van der Waals surface area contributed by atoms with E-state index in [9.17, 15) is 0 Å². The van der Waals surface area contributed by atoms with Gasteiger partial charge in [0.1, 0.15) is 24.3 Å². The maximum absolute atomic E-state index is 5.36. The Balaban J connectivity index is 2.49. The Kier molecular flexibility index (Phi) is 2.78. The predicted octanol–water partition coefficient (Wildman–Crippen LogP) is 0.466. The molecular weight excluding hydrogens is 206 g/mol. The summed E-state index contributed by atoms with van der Waals surface area (Å²) in [6, 6.07) is 1.71. The largest absolute Gasteiger partial charge is 0.308 e. The molecule has 3 N–H and O–H groups in total. The highest BCUT2D eigenvalue weighted by Gasteiger charge is 2.08. The molecule has 7 heteroatoms. The number of anilines is 1. The van der Waals surface area contributed by atoms with E-state index in [1.165, 1.54) is 6.33 Å². The Bertz CT molecular complexity index is 463. The minimum atomic E-state index is 0.218. The summed E-state index contributed by atoms with van der Waals surface area (Å²) >= 11 is 0. The van der Waals surface area contributed by atoms with E-state index in [0.717, 1.165) is 0 Å². The molecule has 0 aliphatic rings. The molecule has 0 unspecified atom stereocenters. The molecule has 0 atom stereocenters. The van der Waals surface area contributed by atoms with E-state index in [1.54, 1.807) is 17.1 Å². The van der Waals surface area contributed by atoms with Gasteiger partial charge in [-0.1, -0.05) is 13.8 Å². The smallest absolute Gasteiger partial charge is 0.161 e. The van der Waals surface area contributed by atoms with E-state index >= 15 is 0 Å². The molecule has 2 rings (SSSR count). The zero-order chi connectivity index (χ0) is 11.5. The number of nitrogens with zero attached hydrogens (tertiary/aromatic N) is 5.